The van der Waals surface area contributed by atoms with Gasteiger partial charge in [0.1, 0.15) is 0 Å². The maximum atomic E-state index is 6.14. The largest absolute Gasteiger partial charge is 0.328 e. The van der Waals surface area contributed by atoms with Gasteiger partial charge in [-0.15, -0.1) is 0 Å². The molecule has 0 aromatic heterocycles. The molecule has 0 heterocycles. The van der Waals surface area contributed by atoms with E-state index in [-0.39, 0.29) is 0 Å². The van der Waals surface area contributed by atoms with Crippen molar-refractivity contribution in [1.82, 2.24) is 0 Å². The van der Waals surface area contributed by atoms with E-state index >= 15 is 0 Å². The highest BCUT2D eigenvalue weighted by Crippen LogP contribution is 2.32. The third kappa shape index (κ3) is 5.55. The fourth-order valence-corrected chi connectivity index (χ4v) is 2.65. The van der Waals surface area contributed by atoms with Crippen molar-refractivity contribution in [3.63, 3.8) is 0 Å². The molecule has 0 aromatic carbocycles. The Labute approximate surface area is 95.8 Å². The molecular formula is C14H29N. The number of nitrogens with two attached hydrogens (primary N) is 1. The second-order valence-electron chi connectivity index (χ2n) is 6.39. The first-order valence-electron chi connectivity index (χ1n) is 6.75. The molecule has 0 radical (unpaired) electrons. The lowest BCUT2D eigenvalue weighted by Crippen LogP contribution is -2.23. The third-order valence-electron chi connectivity index (χ3n) is 4.01. The third-order valence-corrected chi connectivity index (χ3v) is 4.01. The molecule has 1 aliphatic carbocycles. The molecular weight excluding hydrogens is 182 g/mol. The standard InChI is InChI=1S/C14H29N/c1-12-6-4-8-13(15)9-11-14(2,3)10-5-7-12/h12-13H,4-11,15H2,1-3H3. The molecule has 0 aliphatic heterocycles. The van der Waals surface area contributed by atoms with Crippen molar-refractivity contribution in [2.24, 2.45) is 17.1 Å². The summed E-state index contributed by atoms with van der Waals surface area (Å²) in [6.45, 7) is 7.21. The molecule has 1 aliphatic rings. The molecule has 1 nitrogen and oxygen atoms in total. The fraction of sp³-hybridized carbons (Fsp3) is 1.00. The summed E-state index contributed by atoms with van der Waals surface area (Å²) in [4.78, 5) is 0. The Hall–Kier alpha value is -0.0400. The highest BCUT2D eigenvalue weighted by atomic mass is 14.6. The fourth-order valence-electron chi connectivity index (χ4n) is 2.65. The molecule has 1 rings (SSSR count). The van der Waals surface area contributed by atoms with Crippen LogP contribution in [0.4, 0.5) is 0 Å². The maximum absolute atomic E-state index is 6.14. The second kappa shape index (κ2) is 5.89. The van der Waals surface area contributed by atoms with Crippen LogP contribution in [-0.2, 0) is 0 Å². The van der Waals surface area contributed by atoms with Crippen molar-refractivity contribution in [2.75, 3.05) is 0 Å². The van der Waals surface area contributed by atoms with Gasteiger partial charge in [-0.1, -0.05) is 46.5 Å². The van der Waals surface area contributed by atoms with Crippen LogP contribution in [0.3, 0.4) is 0 Å². The topological polar surface area (TPSA) is 26.0 Å². The van der Waals surface area contributed by atoms with Crippen LogP contribution >= 0.6 is 0 Å². The average molecular weight is 211 g/mol. The van der Waals surface area contributed by atoms with Crippen molar-refractivity contribution in [3.05, 3.63) is 0 Å². The molecule has 0 spiro atoms. The van der Waals surface area contributed by atoms with E-state index in [4.69, 9.17) is 5.73 Å². The van der Waals surface area contributed by atoms with Crippen LogP contribution in [0.25, 0.3) is 0 Å². The number of hydrogen-bond donors (Lipinski definition) is 1. The summed E-state index contributed by atoms with van der Waals surface area (Å²) in [5, 5.41) is 0. The van der Waals surface area contributed by atoms with Crippen LogP contribution in [-0.4, -0.2) is 6.04 Å². The summed E-state index contributed by atoms with van der Waals surface area (Å²) in [5.41, 5.74) is 6.66. The molecule has 0 bridgehead atoms. The quantitative estimate of drug-likeness (QED) is 0.641. The van der Waals surface area contributed by atoms with Crippen molar-refractivity contribution in [2.45, 2.75) is 78.2 Å². The van der Waals surface area contributed by atoms with E-state index in [0.717, 1.165) is 5.92 Å². The second-order valence-corrected chi connectivity index (χ2v) is 6.39. The van der Waals surface area contributed by atoms with Crippen molar-refractivity contribution in [1.29, 1.82) is 0 Å². The number of hydrogen-bond acceptors (Lipinski definition) is 1. The molecule has 2 unspecified atom stereocenters. The Balaban J connectivity index is 2.45. The summed E-state index contributed by atoms with van der Waals surface area (Å²) in [5.74, 6) is 0.908. The lowest BCUT2D eigenvalue weighted by atomic mass is 9.81. The van der Waals surface area contributed by atoms with E-state index in [0.29, 0.717) is 11.5 Å². The van der Waals surface area contributed by atoms with E-state index in [1.165, 1.54) is 51.4 Å². The van der Waals surface area contributed by atoms with Gasteiger partial charge >= 0.3 is 0 Å². The highest BCUT2D eigenvalue weighted by molar-refractivity contribution is 4.74. The zero-order valence-corrected chi connectivity index (χ0v) is 10.9. The molecule has 1 fully saturated rings. The first-order chi connectivity index (χ1) is 6.99. The Bertz CT molecular complexity index is 174. The Morgan fingerprint density at radius 2 is 1.60 bits per heavy atom. The van der Waals surface area contributed by atoms with Crippen molar-refractivity contribution >= 4 is 0 Å². The van der Waals surface area contributed by atoms with E-state index < -0.39 is 0 Å². The van der Waals surface area contributed by atoms with Crippen LogP contribution < -0.4 is 5.73 Å². The van der Waals surface area contributed by atoms with E-state index in [2.05, 4.69) is 20.8 Å². The molecule has 0 amide bonds. The zero-order chi connectivity index (χ0) is 11.3. The zero-order valence-electron chi connectivity index (χ0n) is 10.9. The predicted molar refractivity (Wildman–Crippen MR) is 67.9 cm³/mol. The van der Waals surface area contributed by atoms with Gasteiger partial charge in [-0.3, -0.25) is 0 Å². The SMILES string of the molecule is CC1CCCC(N)CCC(C)(C)CCC1. The Kier molecular flexibility index (Phi) is 5.11. The summed E-state index contributed by atoms with van der Waals surface area (Å²) >= 11 is 0. The van der Waals surface area contributed by atoms with Crippen LogP contribution in [0, 0.1) is 11.3 Å². The van der Waals surface area contributed by atoms with Gasteiger partial charge in [0, 0.05) is 6.04 Å². The molecule has 2 N–H and O–H groups in total. The summed E-state index contributed by atoms with van der Waals surface area (Å²) in [6.07, 6.45) is 10.7. The first-order valence-corrected chi connectivity index (χ1v) is 6.75. The smallest absolute Gasteiger partial charge is 0.00390 e. The van der Waals surface area contributed by atoms with Crippen LogP contribution in [0.2, 0.25) is 0 Å². The maximum Gasteiger partial charge on any atom is 0.00390 e. The number of rotatable bonds is 0. The summed E-state index contributed by atoms with van der Waals surface area (Å²) < 4.78 is 0. The van der Waals surface area contributed by atoms with Gasteiger partial charge in [0.05, 0.1) is 0 Å². The molecule has 90 valence electrons. The van der Waals surface area contributed by atoms with Crippen LogP contribution in [0.15, 0.2) is 0 Å². The molecule has 1 heteroatoms. The highest BCUT2D eigenvalue weighted by Gasteiger charge is 2.20. The molecule has 0 saturated heterocycles. The van der Waals surface area contributed by atoms with Gasteiger partial charge in [-0.25, -0.2) is 0 Å². The Morgan fingerprint density at radius 3 is 2.33 bits per heavy atom. The van der Waals surface area contributed by atoms with E-state index in [1.807, 2.05) is 0 Å². The van der Waals surface area contributed by atoms with Gasteiger partial charge < -0.3 is 5.73 Å². The monoisotopic (exact) mass is 211 g/mol. The minimum atomic E-state index is 0.453. The molecule has 15 heavy (non-hydrogen) atoms. The Morgan fingerprint density at radius 1 is 0.933 bits per heavy atom. The van der Waals surface area contributed by atoms with Crippen LogP contribution in [0.5, 0.6) is 0 Å². The first kappa shape index (κ1) is 13.0. The van der Waals surface area contributed by atoms with Gasteiger partial charge in [-0.2, -0.15) is 0 Å². The lowest BCUT2D eigenvalue weighted by Gasteiger charge is -2.26. The molecule has 2 atom stereocenters. The predicted octanol–water partition coefficient (Wildman–Crippen LogP) is 4.11. The lowest BCUT2D eigenvalue weighted by molar-refractivity contribution is 0.275. The van der Waals surface area contributed by atoms with Crippen molar-refractivity contribution < 1.29 is 0 Å². The molecule has 1 saturated carbocycles. The van der Waals surface area contributed by atoms with Gasteiger partial charge in [-0.05, 0) is 37.0 Å². The van der Waals surface area contributed by atoms with Gasteiger partial charge in [0.25, 0.3) is 0 Å². The summed E-state index contributed by atoms with van der Waals surface area (Å²) in [7, 11) is 0. The average Bonchev–Trinajstić information content (AvgIpc) is 2.15. The minimum Gasteiger partial charge on any atom is -0.328 e. The molecule has 0 aromatic rings. The van der Waals surface area contributed by atoms with E-state index in [9.17, 15) is 0 Å². The normalized spacial score (nSPS) is 34.4. The van der Waals surface area contributed by atoms with Crippen molar-refractivity contribution in [3.8, 4) is 0 Å². The minimum absolute atomic E-state index is 0.453. The van der Waals surface area contributed by atoms with E-state index in [1.54, 1.807) is 0 Å². The summed E-state index contributed by atoms with van der Waals surface area (Å²) in [6, 6.07) is 0.453. The van der Waals surface area contributed by atoms with Crippen LogP contribution in [0.1, 0.15) is 72.1 Å². The van der Waals surface area contributed by atoms with Gasteiger partial charge in [0.15, 0.2) is 0 Å². The van der Waals surface area contributed by atoms with Gasteiger partial charge in [0.2, 0.25) is 0 Å².